The molecule has 1 fully saturated rings. The van der Waals surface area contributed by atoms with Crippen LogP contribution in [0.25, 0.3) is 0 Å². The second-order valence-electron chi connectivity index (χ2n) is 7.96. The molecule has 31 heavy (non-hydrogen) atoms. The topological polar surface area (TPSA) is 67.8 Å². The average Bonchev–Trinajstić information content (AvgIpc) is 2.79. The van der Waals surface area contributed by atoms with Gasteiger partial charge in [-0.15, -0.1) is 24.0 Å². The van der Waals surface area contributed by atoms with E-state index in [1.54, 1.807) is 14.2 Å². The van der Waals surface area contributed by atoms with Gasteiger partial charge in [0.2, 0.25) is 0 Å². The van der Waals surface area contributed by atoms with Crippen LogP contribution in [-0.4, -0.2) is 38.8 Å². The number of benzene rings is 1. The van der Waals surface area contributed by atoms with Crippen molar-refractivity contribution in [1.82, 2.24) is 15.6 Å². The number of aliphatic imine (C=N–C) groups is 1. The summed E-state index contributed by atoms with van der Waals surface area (Å²) >= 11 is 0. The molecular formula is C24H35IN4O2. The highest BCUT2D eigenvalue weighted by Gasteiger charge is 2.34. The fraction of sp³-hybridized carbons (Fsp3) is 0.500. The minimum Gasteiger partial charge on any atom is -0.493 e. The van der Waals surface area contributed by atoms with Gasteiger partial charge in [0.1, 0.15) is 0 Å². The van der Waals surface area contributed by atoms with Gasteiger partial charge < -0.3 is 20.1 Å². The minimum absolute atomic E-state index is 0. The first-order valence-corrected chi connectivity index (χ1v) is 10.7. The van der Waals surface area contributed by atoms with E-state index in [1.807, 2.05) is 38.2 Å². The van der Waals surface area contributed by atoms with E-state index in [2.05, 4.69) is 32.7 Å². The number of hydrogen-bond donors (Lipinski definition) is 2. The van der Waals surface area contributed by atoms with E-state index in [-0.39, 0.29) is 29.4 Å². The van der Waals surface area contributed by atoms with E-state index in [1.165, 1.54) is 24.8 Å². The first kappa shape index (κ1) is 25.2. The summed E-state index contributed by atoms with van der Waals surface area (Å²) in [4.78, 5) is 8.97. The maximum atomic E-state index is 5.57. The van der Waals surface area contributed by atoms with Crippen molar-refractivity contribution >= 4 is 29.9 Å². The zero-order valence-electron chi connectivity index (χ0n) is 19.0. The smallest absolute Gasteiger partial charge is 0.191 e. The van der Waals surface area contributed by atoms with Crippen molar-refractivity contribution in [3.8, 4) is 11.5 Å². The normalized spacial score (nSPS) is 15.5. The molecule has 7 heteroatoms. The van der Waals surface area contributed by atoms with Gasteiger partial charge in [-0.05, 0) is 49.6 Å². The highest BCUT2D eigenvalue weighted by Crippen LogP contribution is 2.42. The SMILES string of the molecule is CN=C(NCc1cccc(C)n1)NCC1(c2ccc(OC)c(OC)c2)CCCCC1.I. The third-order valence-electron chi connectivity index (χ3n) is 6.01. The highest BCUT2D eigenvalue weighted by atomic mass is 127. The lowest BCUT2D eigenvalue weighted by Crippen LogP contribution is -2.46. The molecule has 0 spiro atoms. The molecule has 1 saturated carbocycles. The van der Waals surface area contributed by atoms with E-state index < -0.39 is 0 Å². The van der Waals surface area contributed by atoms with Gasteiger partial charge in [0.05, 0.1) is 26.5 Å². The molecule has 3 rings (SSSR count). The lowest BCUT2D eigenvalue weighted by atomic mass is 9.69. The van der Waals surface area contributed by atoms with Gasteiger partial charge in [-0.1, -0.05) is 31.4 Å². The number of nitrogens with zero attached hydrogens (tertiary/aromatic N) is 2. The molecule has 0 bridgehead atoms. The summed E-state index contributed by atoms with van der Waals surface area (Å²) in [5.74, 6) is 2.35. The number of guanidine groups is 1. The van der Waals surface area contributed by atoms with Crippen molar-refractivity contribution in [2.75, 3.05) is 27.8 Å². The molecule has 0 unspecified atom stereocenters. The number of hydrogen-bond acceptors (Lipinski definition) is 4. The molecule has 1 aromatic carbocycles. The van der Waals surface area contributed by atoms with Crippen LogP contribution in [0.5, 0.6) is 11.5 Å². The van der Waals surface area contributed by atoms with E-state index in [0.29, 0.717) is 6.54 Å². The molecule has 0 saturated heterocycles. The fourth-order valence-corrected chi connectivity index (χ4v) is 4.31. The molecule has 2 N–H and O–H groups in total. The predicted molar refractivity (Wildman–Crippen MR) is 137 cm³/mol. The van der Waals surface area contributed by atoms with Crippen molar-refractivity contribution in [3.63, 3.8) is 0 Å². The van der Waals surface area contributed by atoms with Gasteiger partial charge in [0, 0.05) is 24.7 Å². The Labute approximate surface area is 203 Å². The second kappa shape index (κ2) is 12.1. The van der Waals surface area contributed by atoms with Gasteiger partial charge in [0.25, 0.3) is 0 Å². The number of aryl methyl sites for hydroxylation is 1. The quantitative estimate of drug-likeness (QED) is 0.307. The van der Waals surface area contributed by atoms with Gasteiger partial charge in [-0.2, -0.15) is 0 Å². The molecule has 0 atom stereocenters. The lowest BCUT2D eigenvalue weighted by molar-refractivity contribution is 0.288. The van der Waals surface area contributed by atoms with Gasteiger partial charge in [-0.25, -0.2) is 0 Å². The molecule has 0 aliphatic heterocycles. The number of halogens is 1. The molecule has 0 radical (unpaired) electrons. The highest BCUT2D eigenvalue weighted by molar-refractivity contribution is 14.0. The predicted octanol–water partition coefficient (Wildman–Crippen LogP) is 4.59. The van der Waals surface area contributed by atoms with Crippen molar-refractivity contribution < 1.29 is 9.47 Å². The summed E-state index contributed by atoms with van der Waals surface area (Å²) < 4.78 is 11.0. The Morgan fingerprint density at radius 3 is 2.42 bits per heavy atom. The van der Waals surface area contributed by atoms with Crippen molar-refractivity contribution in [2.24, 2.45) is 4.99 Å². The first-order chi connectivity index (χ1) is 14.6. The van der Waals surface area contributed by atoms with Crippen LogP contribution in [0.3, 0.4) is 0 Å². The van der Waals surface area contributed by atoms with Crippen molar-refractivity contribution in [3.05, 3.63) is 53.3 Å². The van der Waals surface area contributed by atoms with E-state index in [9.17, 15) is 0 Å². The maximum Gasteiger partial charge on any atom is 0.191 e. The summed E-state index contributed by atoms with van der Waals surface area (Å²) in [6, 6.07) is 12.4. The molecule has 1 aliphatic carbocycles. The molecular weight excluding hydrogens is 503 g/mol. The van der Waals surface area contributed by atoms with Crippen LogP contribution in [0.1, 0.15) is 49.1 Å². The number of pyridine rings is 1. The molecule has 1 aliphatic rings. The number of methoxy groups -OCH3 is 2. The van der Waals surface area contributed by atoms with Crippen molar-refractivity contribution in [2.45, 2.75) is 51.0 Å². The van der Waals surface area contributed by atoms with E-state index in [0.717, 1.165) is 48.2 Å². The van der Waals surface area contributed by atoms with Crippen LogP contribution in [0.2, 0.25) is 0 Å². The molecule has 170 valence electrons. The summed E-state index contributed by atoms with van der Waals surface area (Å²) in [5, 5.41) is 6.96. The standard InChI is InChI=1S/C24H34N4O2.HI/c1-18-9-8-10-20(28-18)16-26-23(25-2)27-17-24(13-6-5-7-14-24)19-11-12-21(29-3)22(15-19)30-4;/h8-12,15H,5-7,13-14,16-17H2,1-4H3,(H2,25,26,27);1H. The van der Waals surface area contributed by atoms with Crippen LogP contribution in [0.15, 0.2) is 41.4 Å². The molecule has 6 nitrogen and oxygen atoms in total. The Bertz CT molecular complexity index is 866. The Balaban J connectivity index is 0.00000341. The Morgan fingerprint density at radius 2 is 1.77 bits per heavy atom. The third kappa shape index (κ3) is 6.48. The van der Waals surface area contributed by atoms with Crippen LogP contribution in [-0.2, 0) is 12.0 Å². The van der Waals surface area contributed by atoms with Gasteiger partial charge >= 0.3 is 0 Å². The Kier molecular flexibility index (Phi) is 9.87. The number of nitrogens with one attached hydrogen (secondary N) is 2. The van der Waals surface area contributed by atoms with E-state index in [4.69, 9.17) is 9.47 Å². The van der Waals surface area contributed by atoms with E-state index >= 15 is 0 Å². The summed E-state index contributed by atoms with van der Waals surface area (Å²) in [6.07, 6.45) is 6.05. The zero-order chi connectivity index (χ0) is 21.4. The number of aromatic nitrogens is 1. The lowest BCUT2D eigenvalue weighted by Gasteiger charge is -2.38. The molecule has 1 aromatic heterocycles. The molecule has 1 heterocycles. The monoisotopic (exact) mass is 538 g/mol. The number of rotatable bonds is 7. The zero-order valence-corrected chi connectivity index (χ0v) is 21.4. The maximum absolute atomic E-state index is 5.57. The second-order valence-corrected chi connectivity index (χ2v) is 7.96. The molecule has 2 aromatic rings. The van der Waals surface area contributed by atoms with Crippen LogP contribution in [0.4, 0.5) is 0 Å². The molecule has 0 amide bonds. The number of ether oxygens (including phenoxy) is 2. The van der Waals surface area contributed by atoms with Gasteiger partial charge in [0.15, 0.2) is 17.5 Å². The average molecular weight is 538 g/mol. The summed E-state index contributed by atoms with van der Waals surface area (Å²) in [5.41, 5.74) is 3.37. The third-order valence-corrected chi connectivity index (χ3v) is 6.01. The minimum atomic E-state index is 0. The Morgan fingerprint density at radius 1 is 1.03 bits per heavy atom. The first-order valence-electron chi connectivity index (χ1n) is 10.7. The summed E-state index contributed by atoms with van der Waals surface area (Å²) in [7, 11) is 5.18. The largest absolute Gasteiger partial charge is 0.493 e. The van der Waals surface area contributed by atoms with Crippen LogP contribution in [0, 0.1) is 6.92 Å². The van der Waals surface area contributed by atoms with Crippen LogP contribution < -0.4 is 20.1 Å². The van der Waals surface area contributed by atoms with Crippen molar-refractivity contribution in [1.29, 1.82) is 0 Å². The fourth-order valence-electron chi connectivity index (χ4n) is 4.31. The Hall–Kier alpha value is -2.03. The van der Waals surface area contributed by atoms with Gasteiger partial charge in [-0.3, -0.25) is 9.98 Å². The summed E-state index contributed by atoms with van der Waals surface area (Å²) in [6.45, 7) is 3.47. The van der Waals surface area contributed by atoms with Crippen LogP contribution >= 0.6 is 24.0 Å².